The molecular formula is C5H9NO2S. The average Bonchev–Trinajstić information content (AvgIpc) is 1.82. The second-order valence-corrected chi connectivity index (χ2v) is 1.73. The lowest BCUT2D eigenvalue weighted by Gasteiger charge is -1.99. The molecule has 3 nitrogen and oxygen atoms in total. The van der Waals surface area contributed by atoms with Crippen molar-refractivity contribution >= 4 is 18.6 Å². The summed E-state index contributed by atoms with van der Waals surface area (Å²) >= 11 is 3.78. The van der Waals surface area contributed by atoms with Gasteiger partial charge in [-0.15, -0.1) is 12.6 Å². The minimum absolute atomic E-state index is 0. The van der Waals surface area contributed by atoms with Crippen molar-refractivity contribution < 1.29 is 9.90 Å². The monoisotopic (exact) mass is 147 g/mol. The molecule has 0 aromatic heterocycles. The molecule has 0 fully saturated rings. The van der Waals surface area contributed by atoms with E-state index >= 15 is 0 Å². The Morgan fingerprint density at radius 3 is 2.56 bits per heavy atom. The topological polar surface area (TPSA) is 49.3 Å². The quantitative estimate of drug-likeness (QED) is 0.508. The number of aliphatic carboxylic acids is 1. The van der Waals surface area contributed by atoms with Crippen LogP contribution in [0.2, 0.25) is 0 Å². The average molecular weight is 147 g/mol. The third-order valence-electron chi connectivity index (χ3n) is 0.819. The first-order valence-corrected chi connectivity index (χ1v) is 2.95. The first-order valence-electron chi connectivity index (χ1n) is 2.43. The Labute approximate surface area is 59.2 Å². The predicted octanol–water partition coefficient (Wildman–Crippen LogP) is 0.452. The maximum atomic E-state index is 10.0. The molecule has 0 unspecified atom stereocenters. The summed E-state index contributed by atoms with van der Waals surface area (Å²) in [7, 11) is 1.66. The van der Waals surface area contributed by atoms with Crippen molar-refractivity contribution in [2.24, 2.45) is 0 Å². The Kier molecular flexibility index (Phi) is 3.96. The number of hydrogen-bond acceptors (Lipinski definition) is 3. The maximum absolute atomic E-state index is 10.0. The molecule has 0 atom stereocenters. The molecule has 0 aliphatic rings. The van der Waals surface area contributed by atoms with E-state index in [-0.39, 0.29) is 6.42 Å². The van der Waals surface area contributed by atoms with Crippen LogP contribution in [0.1, 0.15) is 6.42 Å². The number of carboxylic acid groups (broad SMARTS) is 1. The number of thiol groups is 1. The summed E-state index contributed by atoms with van der Waals surface area (Å²) in [5.41, 5.74) is 0.603. The lowest BCUT2D eigenvalue weighted by Crippen LogP contribution is -2.09. The normalized spacial score (nSPS) is 11.1. The van der Waals surface area contributed by atoms with Crippen molar-refractivity contribution in [3.05, 3.63) is 11.1 Å². The molecule has 0 saturated heterocycles. The number of rotatable bonds is 3. The zero-order chi connectivity index (χ0) is 7.28. The van der Waals surface area contributed by atoms with Gasteiger partial charge >= 0.3 is 5.97 Å². The van der Waals surface area contributed by atoms with Gasteiger partial charge in [0.25, 0.3) is 0 Å². The highest BCUT2D eigenvalue weighted by molar-refractivity contribution is 7.83. The summed E-state index contributed by atoms with van der Waals surface area (Å²) < 4.78 is 0. The molecular weight excluding hydrogens is 138 g/mol. The molecule has 4 heteroatoms. The van der Waals surface area contributed by atoms with Crippen molar-refractivity contribution in [1.82, 2.24) is 5.32 Å². The Morgan fingerprint density at radius 1 is 1.89 bits per heavy atom. The zero-order valence-electron chi connectivity index (χ0n) is 5.09. The van der Waals surface area contributed by atoms with Gasteiger partial charge in [0, 0.05) is 12.7 Å². The van der Waals surface area contributed by atoms with Crippen LogP contribution < -0.4 is 5.32 Å². The van der Waals surface area contributed by atoms with Gasteiger partial charge in [-0.2, -0.15) is 0 Å². The third-order valence-corrected chi connectivity index (χ3v) is 1.13. The van der Waals surface area contributed by atoms with Crippen molar-refractivity contribution in [3.63, 3.8) is 0 Å². The molecule has 52 valence electrons. The number of carbonyl (C=O) groups is 1. The Bertz CT molecular complexity index is 133. The zero-order valence-corrected chi connectivity index (χ0v) is 5.98. The first kappa shape index (κ1) is 8.36. The fourth-order valence-electron chi connectivity index (χ4n) is 0.362. The van der Waals surface area contributed by atoms with Crippen LogP contribution in [0.25, 0.3) is 0 Å². The van der Waals surface area contributed by atoms with Gasteiger partial charge in [-0.05, 0) is 5.41 Å². The van der Waals surface area contributed by atoms with Gasteiger partial charge in [0.05, 0.1) is 6.42 Å². The SMILES string of the molecule is CN/C(=C\S)CC(=O)O. The van der Waals surface area contributed by atoms with Crippen LogP contribution in [0.5, 0.6) is 0 Å². The molecule has 0 aliphatic heterocycles. The standard InChI is InChI=1S/C5H9NO2S/c1-6-4(3-9)2-5(7)8/h3,6,9H,2H2,1H3,(H,7,8)/b4-3-. The van der Waals surface area contributed by atoms with Gasteiger partial charge in [0.2, 0.25) is 0 Å². The smallest absolute Gasteiger partial charge is 0.309 e. The van der Waals surface area contributed by atoms with Crippen LogP contribution >= 0.6 is 12.6 Å². The van der Waals surface area contributed by atoms with E-state index in [0.717, 1.165) is 0 Å². The lowest BCUT2D eigenvalue weighted by molar-refractivity contribution is -0.136. The lowest BCUT2D eigenvalue weighted by atomic mass is 10.3. The molecule has 0 rings (SSSR count). The number of carboxylic acids is 1. The summed E-state index contributed by atoms with van der Waals surface area (Å²) in [5, 5.41) is 12.4. The van der Waals surface area contributed by atoms with E-state index in [2.05, 4.69) is 17.9 Å². The van der Waals surface area contributed by atoms with Gasteiger partial charge in [-0.1, -0.05) is 0 Å². The van der Waals surface area contributed by atoms with Crippen LogP contribution in [0.15, 0.2) is 11.1 Å². The minimum atomic E-state index is -0.857. The summed E-state index contributed by atoms with van der Waals surface area (Å²) in [6.45, 7) is 0. The second kappa shape index (κ2) is 4.26. The van der Waals surface area contributed by atoms with Crippen molar-refractivity contribution in [3.8, 4) is 0 Å². The van der Waals surface area contributed by atoms with Crippen LogP contribution in [0.3, 0.4) is 0 Å². The highest BCUT2D eigenvalue weighted by Crippen LogP contribution is 1.96. The van der Waals surface area contributed by atoms with Gasteiger partial charge in [-0.25, -0.2) is 0 Å². The molecule has 0 bridgehead atoms. The largest absolute Gasteiger partial charge is 0.481 e. The van der Waals surface area contributed by atoms with E-state index in [1.807, 2.05) is 0 Å². The van der Waals surface area contributed by atoms with E-state index in [4.69, 9.17) is 5.11 Å². The van der Waals surface area contributed by atoms with Crippen molar-refractivity contribution in [2.75, 3.05) is 7.05 Å². The van der Waals surface area contributed by atoms with E-state index in [1.54, 1.807) is 7.05 Å². The summed E-state index contributed by atoms with van der Waals surface area (Å²) in [4.78, 5) is 10.0. The summed E-state index contributed by atoms with van der Waals surface area (Å²) in [6.07, 6.45) is 0. The van der Waals surface area contributed by atoms with Gasteiger partial charge < -0.3 is 10.4 Å². The van der Waals surface area contributed by atoms with Crippen molar-refractivity contribution in [2.45, 2.75) is 6.42 Å². The van der Waals surface area contributed by atoms with Gasteiger partial charge in [-0.3, -0.25) is 4.79 Å². The van der Waals surface area contributed by atoms with Crippen LogP contribution in [0.4, 0.5) is 0 Å². The molecule has 0 spiro atoms. The highest BCUT2D eigenvalue weighted by Gasteiger charge is 1.98. The molecule has 9 heavy (non-hydrogen) atoms. The highest BCUT2D eigenvalue weighted by atomic mass is 32.1. The second-order valence-electron chi connectivity index (χ2n) is 1.47. The number of hydrogen-bond donors (Lipinski definition) is 3. The Balaban J connectivity index is 3.71. The van der Waals surface area contributed by atoms with Gasteiger partial charge in [0.1, 0.15) is 0 Å². The Hall–Kier alpha value is -0.640. The summed E-state index contributed by atoms with van der Waals surface area (Å²) in [5.74, 6) is -0.857. The summed E-state index contributed by atoms with van der Waals surface area (Å²) in [6, 6.07) is 0. The van der Waals surface area contributed by atoms with E-state index in [9.17, 15) is 4.79 Å². The van der Waals surface area contributed by atoms with Crippen LogP contribution in [-0.2, 0) is 4.79 Å². The van der Waals surface area contributed by atoms with Crippen LogP contribution in [-0.4, -0.2) is 18.1 Å². The molecule has 0 amide bonds. The van der Waals surface area contributed by atoms with Crippen LogP contribution in [0, 0.1) is 0 Å². The molecule has 2 N–H and O–H groups in total. The Morgan fingerprint density at radius 2 is 2.44 bits per heavy atom. The molecule has 0 aromatic carbocycles. The molecule has 0 aromatic rings. The first-order chi connectivity index (χ1) is 4.20. The fourth-order valence-corrected chi connectivity index (χ4v) is 0.582. The maximum Gasteiger partial charge on any atom is 0.309 e. The minimum Gasteiger partial charge on any atom is -0.481 e. The molecule has 0 aliphatic carbocycles. The number of nitrogens with one attached hydrogen (secondary N) is 1. The van der Waals surface area contributed by atoms with Crippen molar-refractivity contribution in [1.29, 1.82) is 0 Å². The fraction of sp³-hybridized carbons (Fsp3) is 0.400. The van der Waals surface area contributed by atoms with E-state index < -0.39 is 5.97 Å². The predicted molar refractivity (Wildman–Crippen MR) is 38.4 cm³/mol. The van der Waals surface area contributed by atoms with E-state index in [0.29, 0.717) is 5.70 Å². The van der Waals surface area contributed by atoms with E-state index in [1.165, 1.54) is 5.41 Å². The van der Waals surface area contributed by atoms with Gasteiger partial charge in [0.15, 0.2) is 0 Å². The molecule has 0 heterocycles. The molecule has 0 radical (unpaired) electrons. The third kappa shape index (κ3) is 3.90. The molecule has 0 saturated carbocycles.